The second kappa shape index (κ2) is 57.0. The number of amides is 15. The molecular weight excluding hydrogens is 1630 g/mol. The van der Waals surface area contributed by atoms with Crippen LogP contribution in [0.1, 0.15) is 210 Å². The van der Waals surface area contributed by atoms with Crippen LogP contribution in [-0.2, 0) is 91.2 Å². The topological polar surface area (TPSA) is 625 Å². The normalized spacial score (nSPS) is 15.0. The number of carbonyl (C=O) groups is 15. The van der Waals surface area contributed by atoms with Crippen molar-refractivity contribution in [1.29, 1.82) is 0 Å². The third-order valence-corrected chi connectivity index (χ3v) is 21.8. The number of hydrogen-bond donors (Lipinski definition) is 22. The number of fused-ring (bicyclic) bond motifs is 1. The standard InChI is InChI=1S/C89H147N23O15/c1-14-55(12)75(87(125)98-48-72(113)100-56(13)77(115)110-73(53(8)9)89(127)109-68(42-52(6)7)82(120)102-64(34-22-26-38-92)80(118)111-74(54(10)11)88(126)104-66(76(95)114)40-50(2)3)112-81(119)65(35-23-27-39-93)103-86(124)71(45-59-47-96-49-99-59)108-84(122)69(43-57-28-16-15-17-29-57)107-83(121)67(41-51(4)5)106-79(117)63(33-21-25-37-91)101-85(123)70(105-78(116)61(94)31-20-24-36-90)44-58-46-97-62-32-19-18-30-60(58)62/h15-19,28-30,32,46-47,49-56,61,63-71,73-75,97H,14,20-27,31,33-45,48,90-94H2,1-13H3,(H2,95,114)(H,96,99)(H,98,125)(H,100,113)(H,101,123)(H,102,120)(H,103,124)(H,104,126)(H,105,116)(H,106,117)(H,107,121)(H,108,122)(H,109,127)(H,110,115)(H,111,118)(H,112,119)/t55-,56-,61-,63-,64-,65-,66-,67-,68-,69-,70-,71-,73-,74-,75-/m0/s1. The molecule has 2 heterocycles. The molecule has 708 valence electrons. The van der Waals surface area contributed by atoms with E-state index in [1.165, 1.54) is 19.4 Å². The average Bonchev–Trinajstić information content (AvgIpc) is 1.63. The molecule has 0 aliphatic rings. The number of nitrogens with zero attached hydrogens (tertiary/aromatic N) is 1. The van der Waals surface area contributed by atoms with Crippen molar-refractivity contribution in [3.8, 4) is 0 Å². The number of hydrogen-bond acceptors (Lipinski definition) is 21. The van der Waals surface area contributed by atoms with E-state index < -0.39 is 197 Å². The minimum absolute atomic E-state index is 0.00368. The minimum atomic E-state index is -1.48. The predicted molar refractivity (Wildman–Crippen MR) is 485 cm³/mol. The van der Waals surface area contributed by atoms with Crippen molar-refractivity contribution in [1.82, 2.24) is 89.4 Å². The van der Waals surface area contributed by atoms with Crippen molar-refractivity contribution in [3.63, 3.8) is 0 Å². The predicted octanol–water partition coefficient (Wildman–Crippen LogP) is 0.182. The molecule has 2 aromatic carbocycles. The number of primary amides is 1. The Kier molecular flexibility index (Phi) is 48.6. The molecule has 38 nitrogen and oxygen atoms in total. The Morgan fingerprint density at radius 1 is 0.378 bits per heavy atom. The molecule has 0 saturated heterocycles. The Morgan fingerprint density at radius 3 is 1.22 bits per heavy atom. The van der Waals surface area contributed by atoms with E-state index in [1.54, 1.807) is 78.1 Å². The van der Waals surface area contributed by atoms with Crippen LogP contribution < -0.4 is 109 Å². The molecule has 0 unspecified atom stereocenters. The first-order valence-electron chi connectivity index (χ1n) is 44.9. The van der Waals surface area contributed by atoms with E-state index in [0.717, 1.165) is 10.9 Å². The molecule has 38 heteroatoms. The summed E-state index contributed by atoms with van der Waals surface area (Å²) < 4.78 is 0. The summed E-state index contributed by atoms with van der Waals surface area (Å²) in [6.45, 7) is 23.0. The van der Waals surface area contributed by atoms with Crippen molar-refractivity contribution in [2.24, 2.45) is 69.9 Å². The molecule has 15 atom stereocenters. The molecule has 4 aromatic rings. The molecule has 0 aliphatic heterocycles. The Hall–Kier alpha value is -11.0. The molecule has 127 heavy (non-hydrogen) atoms. The van der Waals surface area contributed by atoms with E-state index in [4.69, 9.17) is 34.4 Å². The highest BCUT2D eigenvalue weighted by Gasteiger charge is 2.40. The Labute approximate surface area is 746 Å². The van der Waals surface area contributed by atoms with Crippen LogP contribution in [0.5, 0.6) is 0 Å². The Bertz CT molecular complexity index is 4140. The number of para-hydroxylation sites is 1. The van der Waals surface area contributed by atoms with Gasteiger partial charge in [0, 0.05) is 48.3 Å². The highest BCUT2D eigenvalue weighted by atomic mass is 16.2. The van der Waals surface area contributed by atoms with Gasteiger partial charge in [0.1, 0.15) is 78.5 Å². The molecule has 0 saturated carbocycles. The van der Waals surface area contributed by atoms with E-state index in [9.17, 15) is 67.1 Å². The second-order valence-corrected chi connectivity index (χ2v) is 35.0. The number of aromatic amines is 2. The Morgan fingerprint density at radius 2 is 0.764 bits per heavy atom. The van der Waals surface area contributed by atoms with Gasteiger partial charge in [-0.15, -0.1) is 0 Å². The SMILES string of the molecule is CC[C@H](C)[C@H](NC(=O)[C@H](CCCCN)NC(=O)[C@H](Cc1cnc[nH]1)NC(=O)[C@H](Cc1ccccc1)NC(=O)[C@H](CC(C)C)NC(=O)[C@H](CCCCN)NC(=O)[C@H](Cc1c[nH]c2ccccc12)NC(=O)[C@@H](N)CCCCN)C(=O)NCC(=O)N[C@@H](C)C(=O)N[C@H](C(=O)N[C@@H](CC(C)C)C(=O)N[C@@H](CCCCN)C(=O)N[C@H](C(=O)N[C@@H](CC(C)C)C(N)=O)C(C)C)C(C)C. The van der Waals surface area contributed by atoms with Gasteiger partial charge in [-0.1, -0.05) is 144 Å². The maximum atomic E-state index is 15.1. The number of nitrogens with two attached hydrogens (primary N) is 6. The van der Waals surface area contributed by atoms with Gasteiger partial charge in [0.25, 0.3) is 0 Å². The highest BCUT2D eigenvalue weighted by Crippen LogP contribution is 2.22. The number of H-pyrrole nitrogens is 2. The summed E-state index contributed by atoms with van der Waals surface area (Å²) in [4.78, 5) is 224. The van der Waals surface area contributed by atoms with Crippen molar-refractivity contribution < 1.29 is 71.9 Å². The molecule has 0 radical (unpaired) electrons. The lowest BCUT2D eigenvalue weighted by Gasteiger charge is -2.29. The maximum Gasteiger partial charge on any atom is 0.243 e. The van der Waals surface area contributed by atoms with E-state index in [0.29, 0.717) is 87.6 Å². The highest BCUT2D eigenvalue weighted by molar-refractivity contribution is 6.01. The van der Waals surface area contributed by atoms with Gasteiger partial charge in [0.05, 0.1) is 18.9 Å². The van der Waals surface area contributed by atoms with Crippen LogP contribution in [0, 0.1) is 35.5 Å². The van der Waals surface area contributed by atoms with Crippen LogP contribution in [0.15, 0.2) is 73.3 Å². The van der Waals surface area contributed by atoms with Crippen LogP contribution in [0.25, 0.3) is 10.9 Å². The lowest BCUT2D eigenvalue weighted by atomic mass is 9.97. The average molecular weight is 1780 g/mol. The summed E-state index contributed by atoms with van der Waals surface area (Å²) in [6.07, 6.45) is 9.09. The zero-order valence-corrected chi connectivity index (χ0v) is 76.5. The number of carbonyl (C=O) groups excluding carboxylic acids is 15. The summed E-state index contributed by atoms with van der Waals surface area (Å²) in [7, 11) is 0. The van der Waals surface area contributed by atoms with Gasteiger partial charge in [0.15, 0.2) is 0 Å². The number of nitrogens with one attached hydrogen (secondary N) is 16. The fraction of sp³-hybridized carbons (Fsp3) is 0.640. The molecule has 0 fully saturated rings. The second-order valence-electron chi connectivity index (χ2n) is 35.0. The molecule has 0 spiro atoms. The molecule has 28 N–H and O–H groups in total. The van der Waals surface area contributed by atoms with E-state index >= 15 is 4.79 Å². The first-order chi connectivity index (χ1) is 60.2. The van der Waals surface area contributed by atoms with Gasteiger partial charge in [0.2, 0.25) is 88.6 Å². The first kappa shape index (κ1) is 108. The minimum Gasteiger partial charge on any atom is -0.368 e. The summed E-state index contributed by atoms with van der Waals surface area (Å²) in [5, 5.41) is 39.2. The number of rotatable bonds is 61. The fourth-order valence-corrected chi connectivity index (χ4v) is 14.3. The smallest absolute Gasteiger partial charge is 0.243 e. The van der Waals surface area contributed by atoms with Crippen LogP contribution in [-0.4, -0.2) is 221 Å². The summed E-state index contributed by atoms with van der Waals surface area (Å²) >= 11 is 0. The van der Waals surface area contributed by atoms with Crippen LogP contribution >= 0.6 is 0 Å². The maximum absolute atomic E-state index is 15.1. The summed E-state index contributed by atoms with van der Waals surface area (Å²) in [5.74, 6) is -13.4. The fourth-order valence-electron chi connectivity index (χ4n) is 14.3. The van der Waals surface area contributed by atoms with Gasteiger partial charge < -0.3 is 119 Å². The zero-order valence-electron chi connectivity index (χ0n) is 76.5. The van der Waals surface area contributed by atoms with Crippen LogP contribution in [0.4, 0.5) is 0 Å². The molecular formula is C89H147N23O15. The third-order valence-electron chi connectivity index (χ3n) is 21.8. The van der Waals surface area contributed by atoms with Gasteiger partial charge in [-0.3, -0.25) is 71.9 Å². The largest absolute Gasteiger partial charge is 0.368 e. The van der Waals surface area contributed by atoms with E-state index in [-0.39, 0.29) is 95.2 Å². The third kappa shape index (κ3) is 38.6. The molecule has 0 aliphatic carbocycles. The van der Waals surface area contributed by atoms with E-state index in [2.05, 4.69) is 89.4 Å². The lowest BCUT2D eigenvalue weighted by Crippen LogP contribution is -2.61. The van der Waals surface area contributed by atoms with Crippen molar-refractivity contribution in [2.45, 2.75) is 297 Å². The van der Waals surface area contributed by atoms with Crippen molar-refractivity contribution in [2.75, 3.05) is 32.7 Å². The van der Waals surface area contributed by atoms with Gasteiger partial charge in [-0.25, -0.2) is 4.98 Å². The van der Waals surface area contributed by atoms with Crippen molar-refractivity contribution >= 4 is 99.5 Å². The monoisotopic (exact) mass is 1780 g/mol. The van der Waals surface area contributed by atoms with Crippen LogP contribution in [0.3, 0.4) is 0 Å². The number of imidazole rings is 1. The number of benzene rings is 2. The zero-order chi connectivity index (χ0) is 94.6. The Balaban J connectivity index is 1.54. The van der Waals surface area contributed by atoms with E-state index in [1.807, 2.05) is 65.8 Å². The molecule has 2 aromatic heterocycles. The van der Waals surface area contributed by atoms with Crippen LogP contribution in [0.2, 0.25) is 0 Å². The number of aromatic nitrogens is 3. The lowest BCUT2D eigenvalue weighted by molar-refractivity contribution is -0.136. The quantitative estimate of drug-likeness (QED) is 0.0262. The molecule has 15 amide bonds. The van der Waals surface area contributed by atoms with Gasteiger partial charge in [-0.05, 0) is 176 Å². The summed E-state index contributed by atoms with van der Waals surface area (Å²) in [5.41, 5.74) is 37.8. The first-order valence-corrected chi connectivity index (χ1v) is 44.9. The number of unbranched alkanes of at least 4 members (excludes halogenated alkanes) is 4. The molecule has 4 rings (SSSR count). The van der Waals surface area contributed by atoms with Crippen molar-refractivity contribution in [3.05, 3.63) is 90.1 Å². The van der Waals surface area contributed by atoms with Gasteiger partial charge in [-0.2, -0.15) is 0 Å². The summed E-state index contributed by atoms with van der Waals surface area (Å²) in [6, 6.07) is -1.36. The van der Waals surface area contributed by atoms with Gasteiger partial charge >= 0.3 is 0 Å². The molecule has 0 bridgehead atoms.